The van der Waals surface area contributed by atoms with E-state index in [0.29, 0.717) is 5.25 Å². The van der Waals surface area contributed by atoms with E-state index in [2.05, 4.69) is 10.6 Å². The van der Waals surface area contributed by atoms with Crippen molar-refractivity contribution < 1.29 is 4.79 Å². The van der Waals surface area contributed by atoms with E-state index in [1.165, 1.54) is 18.6 Å². The van der Waals surface area contributed by atoms with Crippen LogP contribution >= 0.6 is 11.8 Å². The molecule has 14 heavy (non-hydrogen) atoms. The number of hydrogen-bond donors (Lipinski definition) is 2. The van der Waals surface area contributed by atoms with Gasteiger partial charge in [-0.25, -0.2) is 0 Å². The lowest BCUT2D eigenvalue weighted by molar-refractivity contribution is -0.122. The Kier molecular flexibility index (Phi) is 3.70. The predicted molar refractivity (Wildman–Crippen MR) is 59.5 cm³/mol. The average Bonchev–Trinajstić information content (AvgIpc) is 2.87. The quantitative estimate of drug-likeness (QED) is 0.728. The monoisotopic (exact) mass is 214 g/mol. The van der Waals surface area contributed by atoms with Crippen molar-refractivity contribution in [1.29, 1.82) is 0 Å². The SMILES string of the molecule is O=C(NCC1CCCS1)[C@H]1CCCN1. The van der Waals surface area contributed by atoms with Crippen molar-refractivity contribution in [3.63, 3.8) is 0 Å². The number of rotatable bonds is 3. The first-order valence-electron chi connectivity index (χ1n) is 5.49. The normalized spacial score (nSPS) is 32.0. The van der Waals surface area contributed by atoms with Gasteiger partial charge in [0.25, 0.3) is 0 Å². The molecule has 0 aromatic rings. The first-order valence-corrected chi connectivity index (χ1v) is 6.54. The van der Waals surface area contributed by atoms with Crippen molar-refractivity contribution in [2.75, 3.05) is 18.8 Å². The zero-order chi connectivity index (χ0) is 9.80. The van der Waals surface area contributed by atoms with Gasteiger partial charge in [-0.1, -0.05) is 0 Å². The van der Waals surface area contributed by atoms with Crippen LogP contribution in [-0.2, 0) is 4.79 Å². The molecule has 0 saturated carbocycles. The van der Waals surface area contributed by atoms with Crippen LogP contribution in [0.4, 0.5) is 0 Å². The molecule has 1 unspecified atom stereocenters. The second-order valence-corrected chi connectivity index (χ2v) is 5.44. The van der Waals surface area contributed by atoms with Crippen LogP contribution in [0.5, 0.6) is 0 Å². The fourth-order valence-electron chi connectivity index (χ4n) is 2.05. The minimum atomic E-state index is 0.0846. The zero-order valence-corrected chi connectivity index (χ0v) is 9.24. The van der Waals surface area contributed by atoms with E-state index in [1.54, 1.807) is 0 Å². The number of thioether (sulfide) groups is 1. The van der Waals surface area contributed by atoms with Crippen molar-refractivity contribution in [3.8, 4) is 0 Å². The molecule has 80 valence electrons. The number of amides is 1. The summed E-state index contributed by atoms with van der Waals surface area (Å²) in [4.78, 5) is 11.6. The largest absolute Gasteiger partial charge is 0.354 e. The van der Waals surface area contributed by atoms with Crippen LogP contribution in [0.3, 0.4) is 0 Å². The molecule has 0 radical (unpaired) electrons. The van der Waals surface area contributed by atoms with Crippen molar-refractivity contribution in [3.05, 3.63) is 0 Å². The molecule has 1 amide bonds. The number of nitrogens with one attached hydrogen (secondary N) is 2. The highest BCUT2D eigenvalue weighted by molar-refractivity contribution is 8.00. The van der Waals surface area contributed by atoms with Gasteiger partial charge in [-0.05, 0) is 38.0 Å². The summed E-state index contributed by atoms with van der Waals surface area (Å²) in [6.07, 6.45) is 4.72. The molecule has 3 nitrogen and oxygen atoms in total. The fourth-order valence-corrected chi connectivity index (χ4v) is 3.25. The van der Waals surface area contributed by atoms with Crippen LogP contribution in [0, 0.1) is 0 Å². The van der Waals surface area contributed by atoms with Gasteiger partial charge in [0.05, 0.1) is 6.04 Å². The second kappa shape index (κ2) is 5.03. The molecule has 4 heteroatoms. The number of carbonyl (C=O) groups is 1. The standard InChI is InChI=1S/C10H18N2OS/c13-10(9-4-1-5-11-9)12-7-8-3-2-6-14-8/h8-9,11H,1-7H2,(H,12,13)/t8?,9-/m1/s1. The Hall–Kier alpha value is -0.220. The van der Waals surface area contributed by atoms with Crippen LogP contribution in [0.25, 0.3) is 0 Å². The number of hydrogen-bond acceptors (Lipinski definition) is 3. The molecular weight excluding hydrogens is 196 g/mol. The Labute approximate surface area is 89.4 Å². The molecule has 0 bridgehead atoms. The van der Waals surface area contributed by atoms with Crippen molar-refractivity contribution in [2.45, 2.75) is 37.0 Å². The van der Waals surface area contributed by atoms with Gasteiger partial charge < -0.3 is 10.6 Å². The summed E-state index contributed by atoms with van der Waals surface area (Å²) in [7, 11) is 0. The summed E-state index contributed by atoms with van der Waals surface area (Å²) in [5.41, 5.74) is 0. The van der Waals surface area contributed by atoms with E-state index < -0.39 is 0 Å². The number of carbonyl (C=O) groups excluding carboxylic acids is 1. The molecule has 2 atom stereocenters. The van der Waals surface area contributed by atoms with Gasteiger partial charge >= 0.3 is 0 Å². The average molecular weight is 214 g/mol. The van der Waals surface area contributed by atoms with Gasteiger partial charge in [0.1, 0.15) is 0 Å². The summed E-state index contributed by atoms with van der Waals surface area (Å²) in [5, 5.41) is 6.92. The predicted octanol–water partition coefficient (Wildman–Crippen LogP) is 0.750. The third-order valence-electron chi connectivity index (χ3n) is 2.90. The van der Waals surface area contributed by atoms with Crippen LogP contribution in [-0.4, -0.2) is 36.0 Å². The topological polar surface area (TPSA) is 41.1 Å². The summed E-state index contributed by atoms with van der Waals surface area (Å²) in [5.74, 6) is 1.47. The fraction of sp³-hybridized carbons (Fsp3) is 0.900. The van der Waals surface area contributed by atoms with Gasteiger partial charge in [-0.3, -0.25) is 4.79 Å². The van der Waals surface area contributed by atoms with Crippen molar-refractivity contribution in [1.82, 2.24) is 10.6 Å². The van der Waals surface area contributed by atoms with Crippen LogP contribution in [0.1, 0.15) is 25.7 Å². The van der Waals surface area contributed by atoms with Crippen LogP contribution in [0.15, 0.2) is 0 Å². The lowest BCUT2D eigenvalue weighted by atomic mass is 10.2. The molecule has 2 N–H and O–H groups in total. The third kappa shape index (κ3) is 2.64. The molecule has 2 aliphatic heterocycles. The van der Waals surface area contributed by atoms with Gasteiger partial charge in [0.15, 0.2) is 0 Å². The van der Waals surface area contributed by atoms with Gasteiger partial charge in [0, 0.05) is 11.8 Å². The third-order valence-corrected chi connectivity index (χ3v) is 4.30. The minimum Gasteiger partial charge on any atom is -0.354 e. The first-order chi connectivity index (χ1) is 6.86. The lowest BCUT2D eigenvalue weighted by Crippen LogP contribution is -2.42. The molecule has 2 saturated heterocycles. The van der Waals surface area contributed by atoms with E-state index in [1.807, 2.05) is 11.8 Å². The van der Waals surface area contributed by atoms with E-state index in [9.17, 15) is 4.79 Å². The molecule has 0 spiro atoms. The Morgan fingerprint density at radius 1 is 1.43 bits per heavy atom. The molecule has 0 aliphatic carbocycles. The molecular formula is C10H18N2OS. The lowest BCUT2D eigenvalue weighted by Gasteiger charge is -2.13. The maximum absolute atomic E-state index is 11.6. The minimum absolute atomic E-state index is 0.0846. The summed E-state index contributed by atoms with van der Waals surface area (Å²) in [6.45, 7) is 1.86. The summed E-state index contributed by atoms with van der Waals surface area (Å²) < 4.78 is 0. The molecule has 2 aliphatic rings. The summed E-state index contributed by atoms with van der Waals surface area (Å²) >= 11 is 1.99. The van der Waals surface area contributed by atoms with E-state index in [-0.39, 0.29) is 11.9 Å². The molecule has 0 aromatic carbocycles. The van der Waals surface area contributed by atoms with Gasteiger partial charge in [0.2, 0.25) is 5.91 Å². The summed E-state index contributed by atoms with van der Waals surface area (Å²) in [6, 6.07) is 0.0846. The van der Waals surface area contributed by atoms with Gasteiger partial charge in [-0.15, -0.1) is 0 Å². The van der Waals surface area contributed by atoms with E-state index >= 15 is 0 Å². The highest BCUT2D eigenvalue weighted by Gasteiger charge is 2.23. The Morgan fingerprint density at radius 3 is 3.00 bits per heavy atom. The highest BCUT2D eigenvalue weighted by atomic mass is 32.2. The molecule has 2 rings (SSSR count). The van der Waals surface area contributed by atoms with E-state index in [0.717, 1.165) is 25.9 Å². The van der Waals surface area contributed by atoms with Crippen molar-refractivity contribution in [2.24, 2.45) is 0 Å². The molecule has 2 heterocycles. The highest BCUT2D eigenvalue weighted by Crippen LogP contribution is 2.25. The molecule has 0 aromatic heterocycles. The van der Waals surface area contributed by atoms with Gasteiger partial charge in [-0.2, -0.15) is 11.8 Å². The Bertz CT molecular complexity index is 198. The molecule has 2 fully saturated rings. The first kappa shape index (κ1) is 10.3. The van der Waals surface area contributed by atoms with Crippen LogP contribution < -0.4 is 10.6 Å². The van der Waals surface area contributed by atoms with E-state index in [4.69, 9.17) is 0 Å². The Morgan fingerprint density at radius 2 is 2.36 bits per heavy atom. The zero-order valence-electron chi connectivity index (χ0n) is 8.42. The smallest absolute Gasteiger partial charge is 0.237 e. The Balaban J connectivity index is 1.66. The van der Waals surface area contributed by atoms with Crippen LogP contribution in [0.2, 0.25) is 0 Å². The van der Waals surface area contributed by atoms with Crippen molar-refractivity contribution >= 4 is 17.7 Å². The maximum atomic E-state index is 11.6. The second-order valence-electron chi connectivity index (χ2n) is 4.03. The maximum Gasteiger partial charge on any atom is 0.237 e.